The molecular formula is C71H84N12O6S3. The summed E-state index contributed by atoms with van der Waals surface area (Å²) in [6, 6.07) is 31.0. The normalized spacial score (nSPS) is 17.3. The molecule has 4 aromatic heterocycles. The molecule has 0 radical (unpaired) electrons. The summed E-state index contributed by atoms with van der Waals surface area (Å²) >= 11 is 3.08. The van der Waals surface area contributed by atoms with Crippen molar-refractivity contribution in [3.63, 3.8) is 0 Å². The standard InChI is InChI=1S/C58H70N10O5S2.C13H14N2OS/c1-36-32-42(65-29-26-41(27-30-65)53(69)62-52(58(4,5)6)56(72)67-28-13-14-37(67)2)21-23-49(36)75(73)64-55(71)51-43(45-33-59-68(38(45)3)34-39-15-8-7-9-16-39)22-24-50(61-51)66-31-25-40-17-12-18-44(46(40)35-66)54(70)63-57-60-47-19-10-11-20-48(47)74-57;1-9(14-7-16)11-3-5-12(6-4-11)13-10(2)15-8-17-13/h10-12,17-24,32-33,37,39,41,52H,7-9,13-16,25-31,34-35H2,1-6H3,(H,62,69)(H,64,71)(H,60,63,70);3-9H,1-2H3,(H,14,16). The number of para-hydroxylation sites is 1. The Kier molecular flexibility index (Phi) is 20.5. The number of benzene rings is 4. The largest absolute Gasteiger partial charge is 0.371 e. The van der Waals surface area contributed by atoms with Gasteiger partial charge in [0.25, 0.3) is 11.8 Å². The van der Waals surface area contributed by atoms with E-state index in [1.165, 1.54) is 53.9 Å². The molecule has 1 aliphatic carbocycles. The highest BCUT2D eigenvalue weighted by atomic mass is 32.2. The molecule has 5 amide bonds. The lowest BCUT2D eigenvalue weighted by atomic mass is 9.84. The number of piperidine rings is 1. The molecular weight excluding hydrogens is 1210 g/mol. The van der Waals surface area contributed by atoms with Crippen LogP contribution in [0.2, 0.25) is 0 Å². The van der Waals surface area contributed by atoms with Crippen molar-refractivity contribution in [1.29, 1.82) is 0 Å². The molecule has 4 N–H and O–H groups in total. The van der Waals surface area contributed by atoms with E-state index in [9.17, 15) is 28.2 Å². The van der Waals surface area contributed by atoms with Crippen molar-refractivity contribution in [2.75, 3.05) is 41.3 Å². The SMILES string of the molecule is Cc1cc(N2CCC(C(=O)NC(C(=O)N3CCCC3C)C(C)(C)C)CC2)ccc1S(=O)NC(=O)c1nc(N2CCc3cccc(C(=O)Nc4nc5ccccc5s4)c3C2)ccc1-c1cnn(CC2CCCCC2)c1C.Cc1ncsc1-c1ccc(C(C)NC=O)cc1. The number of likely N-dealkylation sites (tertiary alicyclic amines) is 1. The van der Waals surface area contributed by atoms with Crippen molar-refractivity contribution in [3.8, 4) is 21.6 Å². The molecule has 2 saturated heterocycles. The van der Waals surface area contributed by atoms with Crippen LogP contribution in [0.4, 0.5) is 16.6 Å². The van der Waals surface area contributed by atoms with Crippen LogP contribution >= 0.6 is 22.7 Å². The minimum absolute atomic E-state index is 0.00348. The van der Waals surface area contributed by atoms with E-state index in [4.69, 9.17) is 10.1 Å². The Bertz CT molecular complexity index is 3980. The quantitative estimate of drug-likeness (QED) is 0.0626. The molecule has 12 rings (SSSR count). The van der Waals surface area contributed by atoms with E-state index in [0.29, 0.717) is 78.3 Å². The zero-order valence-corrected chi connectivity index (χ0v) is 56.4. The van der Waals surface area contributed by atoms with Gasteiger partial charge in [0.2, 0.25) is 18.2 Å². The van der Waals surface area contributed by atoms with Gasteiger partial charge in [-0.3, -0.25) is 38.7 Å². The summed E-state index contributed by atoms with van der Waals surface area (Å²) in [6.45, 7) is 19.8. The first-order chi connectivity index (χ1) is 44.3. The van der Waals surface area contributed by atoms with Crippen LogP contribution in [-0.4, -0.2) is 102 Å². The Balaban J connectivity index is 0.000000440. The zero-order valence-electron chi connectivity index (χ0n) is 53.9. The smallest absolute Gasteiger partial charge is 0.282 e. The first-order valence-corrected chi connectivity index (χ1v) is 35.1. The third kappa shape index (κ3) is 14.8. The highest BCUT2D eigenvalue weighted by molar-refractivity contribution is 7.83. The molecule has 8 aromatic rings. The number of carbonyl (C=O) groups is 5. The Morgan fingerprint density at radius 3 is 2.27 bits per heavy atom. The van der Waals surface area contributed by atoms with Gasteiger partial charge in [-0.15, -0.1) is 11.3 Å². The summed E-state index contributed by atoms with van der Waals surface area (Å²) in [5.41, 5.74) is 12.3. The van der Waals surface area contributed by atoms with Crippen LogP contribution in [0, 0.1) is 38.0 Å². The summed E-state index contributed by atoms with van der Waals surface area (Å²) in [4.78, 5) is 88.2. The number of carbonyl (C=O) groups excluding carboxylic acids is 5. The highest BCUT2D eigenvalue weighted by Crippen LogP contribution is 2.36. The molecule has 21 heteroatoms. The van der Waals surface area contributed by atoms with E-state index in [1.807, 2.05) is 143 Å². The summed E-state index contributed by atoms with van der Waals surface area (Å²) in [6.07, 6.45) is 12.5. The molecule has 4 aromatic carbocycles. The molecule has 4 unspecified atom stereocenters. The van der Waals surface area contributed by atoms with E-state index in [2.05, 4.69) is 65.6 Å². The van der Waals surface area contributed by atoms with Crippen LogP contribution < -0.4 is 30.5 Å². The lowest BCUT2D eigenvalue weighted by molar-refractivity contribution is -0.141. The lowest BCUT2D eigenvalue weighted by Gasteiger charge is -2.37. The Morgan fingerprint density at radius 1 is 0.804 bits per heavy atom. The maximum Gasteiger partial charge on any atom is 0.282 e. The van der Waals surface area contributed by atoms with Crippen molar-refractivity contribution >= 4 is 90.6 Å². The van der Waals surface area contributed by atoms with Gasteiger partial charge < -0.3 is 25.3 Å². The number of pyridine rings is 1. The zero-order chi connectivity index (χ0) is 64.8. The van der Waals surface area contributed by atoms with E-state index in [0.717, 1.165) is 87.5 Å². The topological polar surface area (TPSA) is 217 Å². The fourth-order valence-electron chi connectivity index (χ4n) is 13.3. The fraction of sp³-hybridized carbons (Fsp3) is 0.423. The third-order valence-electron chi connectivity index (χ3n) is 18.7. The van der Waals surface area contributed by atoms with Gasteiger partial charge in [0.05, 0.1) is 43.4 Å². The monoisotopic (exact) mass is 1300 g/mol. The van der Waals surface area contributed by atoms with E-state index >= 15 is 0 Å². The number of amides is 5. The average Bonchev–Trinajstić information content (AvgIpc) is 1.28. The van der Waals surface area contributed by atoms with Gasteiger partial charge >= 0.3 is 0 Å². The number of aryl methyl sites for hydroxylation is 2. The predicted molar refractivity (Wildman–Crippen MR) is 367 cm³/mol. The van der Waals surface area contributed by atoms with Crippen LogP contribution in [0.3, 0.4) is 0 Å². The number of anilines is 3. The summed E-state index contributed by atoms with van der Waals surface area (Å²) in [5.74, 6) is 0.0170. The van der Waals surface area contributed by atoms with Gasteiger partial charge in [0.15, 0.2) is 16.1 Å². The Morgan fingerprint density at radius 2 is 1.58 bits per heavy atom. The molecule has 482 valence electrons. The van der Waals surface area contributed by atoms with E-state index in [-0.39, 0.29) is 41.4 Å². The second-order valence-corrected chi connectivity index (χ2v) is 29.2. The van der Waals surface area contributed by atoms with Crippen molar-refractivity contribution in [2.45, 2.75) is 156 Å². The summed E-state index contributed by atoms with van der Waals surface area (Å²) in [7, 11) is -1.94. The van der Waals surface area contributed by atoms with Crippen LogP contribution in [0.25, 0.3) is 31.8 Å². The number of rotatable bonds is 17. The lowest BCUT2D eigenvalue weighted by Crippen LogP contribution is -2.57. The van der Waals surface area contributed by atoms with Crippen molar-refractivity contribution in [3.05, 3.63) is 154 Å². The van der Waals surface area contributed by atoms with Gasteiger partial charge in [-0.2, -0.15) is 5.10 Å². The van der Waals surface area contributed by atoms with Crippen LogP contribution in [0.1, 0.15) is 153 Å². The van der Waals surface area contributed by atoms with Gasteiger partial charge in [0, 0.05) is 79.3 Å². The Labute approximate surface area is 550 Å². The Hall–Kier alpha value is -8.14. The maximum absolute atomic E-state index is 14.7. The van der Waals surface area contributed by atoms with E-state index < -0.39 is 28.3 Å². The van der Waals surface area contributed by atoms with E-state index in [1.54, 1.807) is 17.4 Å². The van der Waals surface area contributed by atoms with Crippen molar-refractivity contribution in [1.82, 2.24) is 45.0 Å². The predicted octanol–water partition coefficient (Wildman–Crippen LogP) is 12.7. The number of thiazole rings is 2. The molecule has 0 spiro atoms. The third-order valence-corrected chi connectivity index (χ3v) is 21.9. The minimum atomic E-state index is -1.94. The van der Waals surface area contributed by atoms with Gasteiger partial charge in [-0.05, 0) is 167 Å². The molecule has 4 aliphatic rings. The molecule has 3 fully saturated rings. The molecule has 1 saturated carbocycles. The number of hydrogen-bond donors (Lipinski definition) is 4. The first kappa shape index (κ1) is 65.4. The second-order valence-electron chi connectivity index (χ2n) is 26.1. The van der Waals surface area contributed by atoms with Gasteiger partial charge in [-0.1, -0.05) is 99.9 Å². The molecule has 7 heterocycles. The molecule has 18 nitrogen and oxygen atoms in total. The van der Waals surface area contributed by atoms with Crippen molar-refractivity contribution < 1.29 is 28.2 Å². The summed E-state index contributed by atoms with van der Waals surface area (Å²) in [5, 5.41) is 14.3. The fourth-order valence-corrected chi connectivity index (χ4v) is 15.9. The number of aromatic nitrogens is 5. The van der Waals surface area contributed by atoms with Gasteiger partial charge in [-0.25, -0.2) is 19.2 Å². The van der Waals surface area contributed by atoms with Crippen LogP contribution in [0.15, 0.2) is 114 Å². The summed E-state index contributed by atoms with van der Waals surface area (Å²) < 4.78 is 20.2. The molecule has 92 heavy (non-hydrogen) atoms. The highest BCUT2D eigenvalue weighted by Gasteiger charge is 2.40. The molecule has 0 bridgehead atoms. The molecule has 4 atom stereocenters. The number of fused-ring (bicyclic) bond motifs is 2. The van der Waals surface area contributed by atoms with Gasteiger partial charge in [0.1, 0.15) is 17.6 Å². The second kappa shape index (κ2) is 28.8. The van der Waals surface area contributed by atoms with Crippen LogP contribution in [0.5, 0.6) is 0 Å². The maximum atomic E-state index is 14.7. The average molecular weight is 1300 g/mol. The first-order valence-electron chi connectivity index (χ1n) is 32.3. The number of hydrogen-bond acceptors (Lipinski definition) is 14. The van der Waals surface area contributed by atoms with Crippen LogP contribution in [-0.2, 0) is 44.9 Å². The minimum Gasteiger partial charge on any atom is -0.371 e. The number of nitrogens with zero attached hydrogens (tertiary/aromatic N) is 8. The molecule has 3 aliphatic heterocycles. The number of nitrogens with one attached hydrogen (secondary N) is 4. The van der Waals surface area contributed by atoms with Crippen molar-refractivity contribution in [2.24, 2.45) is 17.3 Å².